The molecule has 2 aliphatic rings. The van der Waals surface area contributed by atoms with Crippen LogP contribution in [-0.4, -0.2) is 48.4 Å². The molecular formula is C13H22N2O. The molecule has 0 N–H and O–H groups in total. The maximum Gasteiger partial charge on any atom is 0.222 e. The van der Waals surface area contributed by atoms with Crippen molar-refractivity contribution in [3.05, 3.63) is 12.2 Å². The Morgan fingerprint density at radius 2 is 2.06 bits per heavy atom. The van der Waals surface area contributed by atoms with Gasteiger partial charge in [-0.25, -0.2) is 0 Å². The van der Waals surface area contributed by atoms with E-state index < -0.39 is 0 Å². The first-order valence-electron chi connectivity index (χ1n) is 6.42. The maximum absolute atomic E-state index is 11.9. The molecule has 3 heteroatoms. The standard InChI is InChI=1S/C13H22N2O/c1-14-9-3-2-6-12(14)7-8-13(16)15-10-4-5-11-15/h2,6,12H,3-5,7-11H2,1H3. The number of rotatable bonds is 3. The summed E-state index contributed by atoms with van der Waals surface area (Å²) < 4.78 is 0. The Bertz CT molecular complexity index is 269. The van der Waals surface area contributed by atoms with Gasteiger partial charge in [-0.1, -0.05) is 12.2 Å². The van der Waals surface area contributed by atoms with Crippen LogP contribution in [0.3, 0.4) is 0 Å². The van der Waals surface area contributed by atoms with Gasteiger partial charge >= 0.3 is 0 Å². The van der Waals surface area contributed by atoms with Gasteiger partial charge in [0.25, 0.3) is 0 Å². The average molecular weight is 222 g/mol. The Balaban J connectivity index is 1.75. The zero-order chi connectivity index (χ0) is 11.4. The Morgan fingerprint density at radius 1 is 1.31 bits per heavy atom. The predicted octanol–water partition coefficient (Wildman–Crippen LogP) is 1.65. The molecule has 0 aliphatic carbocycles. The first-order chi connectivity index (χ1) is 7.77. The van der Waals surface area contributed by atoms with Crippen LogP contribution in [0.4, 0.5) is 0 Å². The highest BCUT2D eigenvalue weighted by molar-refractivity contribution is 5.76. The van der Waals surface area contributed by atoms with E-state index in [1.165, 1.54) is 12.8 Å². The van der Waals surface area contributed by atoms with E-state index in [9.17, 15) is 4.79 Å². The van der Waals surface area contributed by atoms with E-state index in [4.69, 9.17) is 0 Å². The predicted molar refractivity (Wildman–Crippen MR) is 65.2 cm³/mol. The molecule has 3 nitrogen and oxygen atoms in total. The molecule has 1 amide bonds. The number of carbonyl (C=O) groups is 1. The van der Waals surface area contributed by atoms with E-state index >= 15 is 0 Å². The summed E-state index contributed by atoms with van der Waals surface area (Å²) in [7, 11) is 2.15. The first-order valence-corrected chi connectivity index (χ1v) is 6.42. The summed E-state index contributed by atoms with van der Waals surface area (Å²) in [5, 5.41) is 0. The number of likely N-dealkylation sites (tertiary alicyclic amines) is 1. The van der Waals surface area contributed by atoms with E-state index in [-0.39, 0.29) is 0 Å². The van der Waals surface area contributed by atoms with Crippen LogP contribution in [0, 0.1) is 0 Å². The molecule has 0 saturated carbocycles. The van der Waals surface area contributed by atoms with Gasteiger partial charge in [0, 0.05) is 32.1 Å². The molecule has 90 valence electrons. The third-order valence-corrected chi connectivity index (χ3v) is 3.69. The minimum Gasteiger partial charge on any atom is -0.343 e. The van der Waals surface area contributed by atoms with E-state index in [1.807, 2.05) is 4.90 Å². The molecule has 2 heterocycles. The molecule has 2 rings (SSSR count). The molecule has 0 aromatic heterocycles. The monoisotopic (exact) mass is 222 g/mol. The van der Waals surface area contributed by atoms with Crippen molar-refractivity contribution in [2.45, 2.75) is 38.1 Å². The van der Waals surface area contributed by atoms with Gasteiger partial charge < -0.3 is 4.90 Å². The van der Waals surface area contributed by atoms with E-state index in [2.05, 4.69) is 24.1 Å². The first kappa shape index (κ1) is 11.6. The fourth-order valence-corrected chi connectivity index (χ4v) is 2.56. The lowest BCUT2D eigenvalue weighted by molar-refractivity contribution is -0.130. The van der Waals surface area contributed by atoms with Crippen LogP contribution in [0.25, 0.3) is 0 Å². The summed E-state index contributed by atoms with van der Waals surface area (Å²) in [4.78, 5) is 16.2. The van der Waals surface area contributed by atoms with Gasteiger partial charge in [-0.3, -0.25) is 9.69 Å². The second kappa shape index (κ2) is 5.48. The van der Waals surface area contributed by atoms with Crippen molar-refractivity contribution in [3.8, 4) is 0 Å². The summed E-state index contributed by atoms with van der Waals surface area (Å²) in [6, 6.07) is 0.473. The van der Waals surface area contributed by atoms with Gasteiger partial charge in [0.05, 0.1) is 0 Å². The van der Waals surface area contributed by atoms with Crippen molar-refractivity contribution in [1.82, 2.24) is 9.80 Å². The van der Waals surface area contributed by atoms with E-state index in [0.717, 1.165) is 32.5 Å². The Labute approximate surface area is 98.1 Å². The van der Waals surface area contributed by atoms with E-state index in [0.29, 0.717) is 18.4 Å². The van der Waals surface area contributed by atoms with Crippen LogP contribution in [0.2, 0.25) is 0 Å². The van der Waals surface area contributed by atoms with Gasteiger partial charge in [0.2, 0.25) is 5.91 Å². The largest absolute Gasteiger partial charge is 0.343 e. The minimum absolute atomic E-state index is 0.352. The van der Waals surface area contributed by atoms with Gasteiger partial charge in [-0.15, -0.1) is 0 Å². The molecule has 16 heavy (non-hydrogen) atoms. The number of amides is 1. The molecular weight excluding hydrogens is 200 g/mol. The number of nitrogens with zero attached hydrogens (tertiary/aromatic N) is 2. The normalized spacial score (nSPS) is 26.3. The molecule has 1 atom stereocenters. The average Bonchev–Trinajstić information content (AvgIpc) is 2.81. The van der Waals surface area contributed by atoms with Gasteiger partial charge in [-0.05, 0) is 32.7 Å². The Kier molecular flexibility index (Phi) is 3.99. The summed E-state index contributed by atoms with van der Waals surface area (Å²) >= 11 is 0. The van der Waals surface area contributed by atoms with Crippen molar-refractivity contribution in [3.63, 3.8) is 0 Å². The molecule has 0 aromatic carbocycles. The molecule has 0 aromatic rings. The smallest absolute Gasteiger partial charge is 0.222 e. The molecule has 0 bridgehead atoms. The van der Waals surface area contributed by atoms with Crippen LogP contribution >= 0.6 is 0 Å². The lowest BCUT2D eigenvalue weighted by Crippen LogP contribution is -2.35. The molecule has 0 radical (unpaired) electrons. The fourth-order valence-electron chi connectivity index (χ4n) is 2.56. The van der Waals surface area contributed by atoms with Crippen molar-refractivity contribution >= 4 is 5.91 Å². The summed E-state index contributed by atoms with van der Waals surface area (Å²) in [6.07, 6.45) is 9.70. The Hall–Kier alpha value is -0.830. The topological polar surface area (TPSA) is 23.6 Å². The van der Waals surface area contributed by atoms with Crippen LogP contribution in [0.15, 0.2) is 12.2 Å². The second-order valence-corrected chi connectivity index (χ2v) is 4.89. The van der Waals surface area contributed by atoms with Crippen LogP contribution in [0.5, 0.6) is 0 Å². The van der Waals surface area contributed by atoms with Gasteiger partial charge in [0.15, 0.2) is 0 Å². The lowest BCUT2D eigenvalue weighted by Gasteiger charge is -2.28. The van der Waals surface area contributed by atoms with Crippen molar-refractivity contribution in [2.75, 3.05) is 26.7 Å². The quantitative estimate of drug-likeness (QED) is 0.678. The number of likely N-dealkylation sites (N-methyl/N-ethyl adjacent to an activating group) is 1. The molecule has 0 spiro atoms. The number of hydrogen-bond acceptors (Lipinski definition) is 2. The third kappa shape index (κ3) is 2.85. The molecule has 1 unspecified atom stereocenters. The zero-order valence-electron chi connectivity index (χ0n) is 10.2. The van der Waals surface area contributed by atoms with Gasteiger partial charge in [-0.2, -0.15) is 0 Å². The highest BCUT2D eigenvalue weighted by Gasteiger charge is 2.20. The third-order valence-electron chi connectivity index (χ3n) is 3.69. The SMILES string of the molecule is CN1CCC=CC1CCC(=O)N1CCCC1. The summed E-state index contributed by atoms with van der Waals surface area (Å²) in [5.41, 5.74) is 0. The van der Waals surface area contributed by atoms with Gasteiger partial charge in [0.1, 0.15) is 0 Å². The van der Waals surface area contributed by atoms with Crippen LogP contribution in [-0.2, 0) is 4.79 Å². The minimum atomic E-state index is 0.352. The van der Waals surface area contributed by atoms with Crippen molar-refractivity contribution in [2.24, 2.45) is 0 Å². The highest BCUT2D eigenvalue weighted by atomic mass is 16.2. The van der Waals surface area contributed by atoms with Crippen molar-refractivity contribution < 1.29 is 4.79 Å². The van der Waals surface area contributed by atoms with E-state index in [1.54, 1.807) is 0 Å². The number of hydrogen-bond donors (Lipinski definition) is 0. The molecule has 2 aliphatic heterocycles. The Morgan fingerprint density at radius 3 is 2.75 bits per heavy atom. The molecule has 1 fully saturated rings. The summed E-state index contributed by atoms with van der Waals surface area (Å²) in [6.45, 7) is 3.09. The number of carbonyl (C=O) groups excluding carboxylic acids is 1. The van der Waals surface area contributed by atoms with Crippen molar-refractivity contribution in [1.29, 1.82) is 0 Å². The highest BCUT2D eigenvalue weighted by Crippen LogP contribution is 2.15. The second-order valence-electron chi connectivity index (χ2n) is 4.89. The summed E-state index contributed by atoms with van der Waals surface area (Å²) in [5.74, 6) is 0.352. The van der Waals surface area contributed by atoms with Crippen LogP contribution in [0.1, 0.15) is 32.1 Å². The fraction of sp³-hybridized carbons (Fsp3) is 0.769. The zero-order valence-corrected chi connectivity index (χ0v) is 10.2. The molecule has 1 saturated heterocycles. The maximum atomic E-state index is 11.9. The van der Waals surface area contributed by atoms with Crippen LogP contribution < -0.4 is 0 Å². The lowest BCUT2D eigenvalue weighted by atomic mass is 10.1.